The fraction of sp³-hybridized carbons (Fsp3) is 0.438. The van der Waals surface area contributed by atoms with Crippen LogP contribution in [0.3, 0.4) is 0 Å². The molecule has 2 aromatic rings. The zero-order valence-electron chi connectivity index (χ0n) is 13.3. The molecule has 0 bridgehead atoms. The summed E-state index contributed by atoms with van der Waals surface area (Å²) in [5.74, 6) is -0.130. The maximum Gasteiger partial charge on any atom is 0.417 e. The third-order valence-electron chi connectivity index (χ3n) is 4.09. The molecule has 2 aromatic heterocycles. The van der Waals surface area contributed by atoms with Crippen molar-refractivity contribution in [2.75, 3.05) is 25.0 Å². The number of alkyl halides is 3. The van der Waals surface area contributed by atoms with E-state index in [1.165, 1.54) is 7.05 Å². The number of fused-ring (bicyclic) bond motifs is 1. The molecule has 1 amide bonds. The minimum atomic E-state index is -4.49. The number of hydrogen-bond acceptors (Lipinski definition) is 4. The maximum atomic E-state index is 13.5. The number of carbonyl (C=O) groups is 1. The summed E-state index contributed by atoms with van der Waals surface area (Å²) in [7, 11) is 1.46. The number of aryl methyl sites for hydroxylation is 1. The second-order valence-corrected chi connectivity index (χ2v) is 6.89. The van der Waals surface area contributed by atoms with Gasteiger partial charge in [-0.3, -0.25) is 4.79 Å². The van der Waals surface area contributed by atoms with Crippen LogP contribution < -0.4 is 10.2 Å². The van der Waals surface area contributed by atoms with Gasteiger partial charge in [-0.15, -0.1) is 11.3 Å². The van der Waals surface area contributed by atoms with E-state index in [1.54, 1.807) is 6.92 Å². The van der Waals surface area contributed by atoms with E-state index in [4.69, 9.17) is 0 Å². The minimum Gasteiger partial charge on any atom is -0.357 e. The summed E-state index contributed by atoms with van der Waals surface area (Å²) in [6.45, 7) is 2.91. The lowest BCUT2D eigenvalue weighted by atomic mass is 10.1. The highest BCUT2D eigenvalue weighted by atomic mass is 32.1. The molecule has 0 saturated carbocycles. The number of nitrogens with one attached hydrogen (secondary N) is 1. The summed E-state index contributed by atoms with van der Waals surface area (Å²) in [6, 6.07) is 1.11. The SMILES string of the molecule is CNC(=O)c1c(C)sc2c(C(F)(F)F)cc(N3CC[CH]CC3)nc12. The lowest BCUT2D eigenvalue weighted by molar-refractivity contribution is -0.136. The predicted octanol–water partition coefficient (Wildman–Crippen LogP) is 3.79. The van der Waals surface area contributed by atoms with Gasteiger partial charge < -0.3 is 10.2 Å². The van der Waals surface area contributed by atoms with Crippen LogP contribution in [0.2, 0.25) is 0 Å². The largest absolute Gasteiger partial charge is 0.417 e. The molecule has 1 aliphatic heterocycles. The summed E-state index contributed by atoms with van der Waals surface area (Å²) < 4.78 is 40.6. The quantitative estimate of drug-likeness (QED) is 0.891. The van der Waals surface area contributed by atoms with Crippen molar-refractivity contribution in [3.8, 4) is 0 Å². The van der Waals surface area contributed by atoms with Crippen LogP contribution in [0.25, 0.3) is 10.2 Å². The molecule has 1 aliphatic rings. The van der Waals surface area contributed by atoms with Gasteiger partial charge in [0, 0.05) is 25.0 Å². The van der Waals surface area contributed by atoms with Gasteiger partial charge in [0.1, 0.15) is 5.82 Å². The summed E-state index contributed by atoms with van der Waals surface area (Å²) in [5.41, 5.74) is -0.357. The molecule has 1 N–H and O–H groups in total. The molecule has 24 heavy (non-hydrogen) atoms. The van der Waals surface area contributed by atoms with E-state index in [1.807, 2.05) is 4.90 Å². The molecule has 1 radical (unpaired) electrons. The highest BCUT2D eigenvalue weighted by molar-refractivity contribution is 7.19. The summed E-state index contributed by atoms with van der Waals surface area (Å²) in [4.78, 5) is 18.9. The van der Waals surface area contributed by atoms with Crippen LogP contribution in [0.4, 0.5) is 19.0 Å². The highest BCUT2D eigenvalue weighted by Gasteiger charge is 2.36. The van der Waals surface area contributed by atoms with Crippen LogP contribution in [0.15, 0.2) is 6.07 Å². The Hall–Kier alpha value is -1.83. The van der Waals surface area contributed by atoms with E-state index in [9.17, 15) is 18.0 Å². The van der Waals surface area contributed by atoms with Crippen LogP contribution in [0.5, 0.6) is 0 Å². The molecular weight excluding hydrogens is 339 g/mol. The number of carbonyl (C=O) groups excluding carboxylic acids is 1. The summed E-state index contributed by atoms with van der Waals surface area (Å²) in [5, 5.41) is 2.49. The van der Waals surface area contributed by atoms with Crippen molar-refractivity contribution < 1.29 is 18.0 Å². The number of nitrogens with zero attached hydrogens (tertiary/aromatic N) is 2. The first-order chi connectivity index (χ1) is 11.3. The first kappa shape index (κ1) is 17.0. The smallest absolute Gasteiger partial charge is 0.357 e. The summed E-state index contributed by atoms with van der Waals surface area (Å²) in [6.07, 6.45) is -0.752. The van der Waals surface area contributed by atoms with Crippen molar-refractivity contribution in [3.05, 3.63) is 28.5 Å². The Bertz CT molecular complexity index is 779. The summed E-state index contributed by atoms with van der Waals surface area (Å²) >= 11 is 0.963. The van der Waals surface area contributed by atoms with Gasteiger partial charge in [-0.2, -0.15) is 13.2 Å². The molecule has 0 atom stereocenters. The van der Waals surface area contributed by atoms with E-state index >= 15 is 0 Å². The monoisotopic (exact) mass is 356 g/mol. The third-order valence-corrected chi connectivity index (χ3v) is 5.22. The number of hydrogen-bond donors (Lipinski definition) is 1. The van der Waals surface area contributed by atoms with Gasteiger partial charge in [0.2, 0.25) is 0 Å². The molecule has 0 spiro atoms. The molecule has 129 valence electrons. The molecule has 3 rings (SSSR count). The van der Waals surface area contributed by atoms with Crippen molar-refractivity contribution in [2.24, 2.45) is 0 Å². The van der Waals surface area contributed by atoms with Crippen molar-refractivity contribution in [1.82, 2.24) is 10.3 Å². The Morgan fingerprint density at radius 2 is 2.00 bits per heavy atom. The molecule has 0 aliphatic carbocycles. The third kappa shape index (κ3) is 2.94. The van der Waals surface area contributed by atoms with Crippen LogP contribution >= 0.6 is 11.3 Å². The van der Waals surface area contributed by atoms with Gasteiger partial charge in [-0.1, -0.05) is 0 Å². The molecule has 8 heteroatoms. The molecule has 1 fully saturated rings. The number of halogens is 3. The van der Waals surface area contributed by atoms with Crippen molar-refractivity contribution in [2.45, 2.75) is 25.9 Å². The Labute approximate surface area is 141 Å². The van der Waals surface area contributed by atoms with E-state index in [0.29, 0.717) is 18.0 Å². The minimum absolute atomic E-state index is 0.0194. The van der Waals surface area contributed by atoms with Gasteiger partial charge in [-0.05, 0) is 32.3 Å². The van der Waals surface area contributed by atoms with Crippen LogP contribution in [-0.4, -0.2) is 31.0 Å². The topological polar surface area (TPSA) is 45.2 Å². The van der Waals surface area contributed by atoms with Crippen LogP contribution in [-0.2, 0) is 6.18 Å². The van der Waals surface area contributed by atoms with Gasteiger partial charge >= 0.3 is 6.18 Å². The molecule has 0 unspecified atom stereocenters. The van der Waals surface area contributed by atoms with Crippen molar-refractivity contribution in [1.29, 1.82) is 0 Å². The number of piperidine rings is 1. The Kier molecular flexibility index (Phi) is 4.42. The first-order valence-corrected chi connectivity index (χ1v) is 8.44. The molecule has 0 aromatic carbocycles. The van der Waals surface area contributed by atoms with Gasteiger partial charge in [0.05, 0.1) is 21.3 Å². The highest BCUT2D eigenvalue weighted by Crippen LogP contribution is 2.42. The fourth-order valence-corrected chi connectivity index (χ4v) is 4.03. The lowest BCUT2D eigenvalue weighted by Gasteiger charge is -2.28. The van der Waals surface area contributed by atoms with E-state index in [0.717, 1.165) is 30.2 Å². The van der Waals surface area contributed by atoms with Gasteiger partial charge in [0.15, 0.2) is 0 Å². The normalized spacial score (nSPS) is 15.8. The number of anilines is 1. The van der Waals surface area contributed by atoms with Crippen molar-refractivity contribution >= 4 is 33.3 Å². The zero-order chi connectivity index (χ0) is 17.5. The number of pyridine rings is 1. The van der Waals surface area contributed by atoms with Crippen LogP contribution in [0.1, 0.15) is 33.6 Å². The lowest BCUT2D eigenvalue weighted by Crippen LogP contribution is -2.30. The second-order valence-electron chi connectivity index (χ2n) is 5.67. The zero-order valence-corrected chi connectivity index (χ0v) is 14.1. The number of amides is 1. The average Bonchev–Trinajstić information content (AvgIpc) is 2.88. The maximum absolute atomic E-state index is 13.5. The molecule has 1 saturated heterocycles. The number of thiophene rings is 1. The standard InChI is InChI=1S/C16H17F3N3OS/c1-9-12(15(23)20-2)13-14(24-9)10(16(17,18)19)8-11(21-13)22-6-4-3-5-7-22/h3,8H,4-7H2,1-2H3,(H,20,23). The molecular formula is C16H17F3N3OS. The van der Waals surface area contributed by atoms with E-state index < -0.39 is 17.6 Å². The van der Waals surface area contributed by atoms with Gasteiger partial charge in [0.25, 0.3) is 5.91 Å². The fourth-order valence-electron chi connectivity index (χ4n) is 2.91. The second kappa shape index (κ2) is 6.23. The van der Waals surface area contributed by atoms with E-state index in [2.05, 4.69) is 16.7 Å². The Morgan fingerprint density at radius 3 is 2.58 bits per heavy atom. The van der Waals surface area contributed by atoms with Gasteiger partial charge in [-0.25, -0.2) is 4.98 Å². The number of rotatable bonds is 2. The van der Waals surface area contributed by atoms with E-state index in [-0.39, 0.29) is 21.6 Å². The Balaban J connectivity index is 2.25. The molecule has 3 heterocycles. The molecule has 4 nitrogen and oxygen atoms in total. The number of aromatic nitrogens is 1. The van der Waals surface area contributed by atoms with Crippen molar-refractivity contribution in [3.63, 3.8) is 0 Å². The average molecular weight is 356 g/mol. The van der Waals surface area contributed by atoms with Crippen LogP contribution in [0, 0.1) is 13.3 Å². The first-order valence-electron chi connectivity index (χ1n) is 7.63. The Morgan fingerprint density at radius 1 is 1.33 bits per heavy atom. The predicted molar refractivity (Wildman–Crippen MR) is 88.5 cm³/mol.